The van der Waals surface area contributed by atoms with Gasteiger partial charge in [0.15, 0.2) is 12.6 Å². The number of aromatic nitrogens is 1. The number of carbonyl (C=O) groups excluding carboxylic acids is 1. The Kier molecular flexibility index (Phi) is 21.9. The number of nitrogens with one attached hydrogen (secondary N) is 1. The van der Waals surface area contributed by atoms with Crippen LogP contribution in [-0.4, -0.2) is 191 Å². The number of aliphatic hydroxyl groups excluding tert-OH is 2. The molecule has 7 N–H and O–H groups in total. The molecule has 0 amide bonds. The van der Waals surface area contributed by atoms with Gasteiger partial charge in [0.1, 0.15) is 29.5 Å². The van der Waals surface area contributed by atoms with Crippen molar-refractivity contribution in [2.75, 3.05) is 40.0 Å². The molecule has 18 atom stereocenters. The van der Waals surface area contributed by atoms with Crippen LogP contribution >= 0.6 is 0 Å². The number of pyridine rings is 1. The number of nitrogens with zero attached hydrogens (tertiary/aromatic N) is 3. The maximum atomic E-state index is 14.5. The molecule has 0 unspecified atom stereocenters. The summed E-state index contributed by atoms with van der Waals surface area (Å²) >= 11 is 0. The molecule has 5 rings (SSSR count). The average molecular weight is 1110 g/mol. The third-order valence-electron chi connectivity index (χ3n) is 16.2. The summed E-state index contributed by atoms with van der Waals surface area (Å²) < 4.78 is 73.1. The summed E-state index contributed by atoms with van der Waals surface area (Å²) in [4.78, 5) is 41.1. The van der Waals surface area contributed by atoms with E-state index in [0.29, 0.717) is 43.3 Å². The number of oxime groups is 1. The maximum absolute atomic E-state index is 14.5. The monoisotopic (exact) mass is 1110 g/mol. The number of ether oxygens (including phenoxy) is 6. The number of carboxylic acid groups (broad SMARTS) is 1. The number of aliphatic hydroxyl groups is 4. The number of methoxy groups -OCH3 is 1. The van der Waals surface area contributed by atoms with Gasteiger partial charge in [-0.2, -0.15) is 8.42 Å². The highest BCUT2D eigenvalue weighted by Gasteiger charge is 2.54. The van der Waals surface area contributed by atoms with E-state index >= 15 is 0 Å². The molecule has 0 radical (unpaired) electrons. The number of fused-ring (bicyclic) bond motifs is 1. The van der Waals surface area contributed by atoms with Crippen molar-refractivity contribution in [2.45, 2.75) is 205 Å². The highest BCUT2D eigenvalue weighted by atomic mass is 32.2. The predicted molar refractivity (Wildman–Crippen MR) is 285 cm³/mol. The molecule has 0 aliphatic carbocycles. The lowest BCUT2D eigenvalue weighted by atomic mass is 9.73. The van der Waals surface area contributed by atoms with E-state index in [1.54, 1.807) is 65.2 Å². The van der Waals surface area contributed by atoms with Crippen molar-refractivity contribution in [3.8, 4) is 0 Å². The molecule has 0 saturated carbocycles. The van der Waals surface area contributed by atoms with Crippen LogP contribution < -0.4 is 10.7 Å². The van der Waals surface area contributed by atoms with Crippen LogP contribution in [0.25, 0.3) is 10.9 Å². The van der Waals surface area contributed by atoms with E-state index in [9.17, 15) is 53.5 Å². The van der Waals surface area contributed by atoms with E-state index in [2.05, 4.69) is 10.5 Å². The highest BCUT2D eigenvalue weighted by molar-refractivity contribution is 7.86. The van der Waals surface area contributed by atoms with Crippen molar-refractivity contribution in [1.29, 1.82) is 0 Å². The van der Waals surface area contributed by atoms with E-state index in [0.717, 1.165) is 5.56 Å². The highest BCUT2D eigenvalue weighted by Crippen LogP contribution is 2.42. The summed E-state index contributed by atoms with van der Waals surface area (Å²) in [7, 11) is 0.831. The van der Waals surface area contributed by atoms with Gasteiger partial charge in [-0.15, -0.1) is 0 Å². The number of benzene rings is 1. The average Bonchev–Trinajstić information content (AvgIpc) is 3.36. The van der Waals surface area contributed by atoms with E-state index in [-0.39, 0.29) is 43.2 Å². The zero-order valence-electron chi connectivity index (χ0n) is 47.4. The standard InChI is InChI=1S/C54H88N4O18S/c1-15-40-54(11,66)46(61)31(5)42(56-67)29(3)26-52(9,65)47(75-51-44(60)39(57(12)13)24-30(4)71-51)32(6)45(33(7)50(64)73-40)74-41-27-53(10,70-14)48(34(8)72-41)76-77(68,69)23-22-55-21-17-18-35-19-20-38-36(25-35)43(59)37(49(62)63)28-58(38)16-2/h19-20,25,28-34,39-41,44-48,51,55,60-61,65-67H,15-18,21-24,26-27H2,1-14H3,(H,62,63)/b56-42+/t29-,30-,31+,32+,33-,34+,39+,40-,41+,44-,45+,46-,47-,48+,51+,52-,53-,54-/m1/s1. The Labute approximate surface area is 453 Å². The van der Waals surface area contributed by atoms with Crippen LogP contribution in [0, 0.1) is 23.7 Å². The lowest BCUT2D eigenvalue weighted by Gasteiger charge is -2.49. The Bertz CT molecular complexity index is 2520. The lowest BCUT2D eigenvalue weighted by molar-refractivity contribution is -0.316. The molecule has 3 aliphatic heterocycles. The smallest absolute Gasteiger partial charge is 0.341 e. The van der Waals surface area contributed by atoms with Gasteiger partial charge in [0.05, 0.1) is 64.6 Å². The molecule has 3 fully saturated rings. The SMILES string of the molecule is CC[C@H]1OC(=O)[C@H](C)[C@@H](O[C@H]2C[C@@](C)(OC)[C@@H](OS(=O)(=O)CCNCCCc3ccc4c(c3)c(=O)c(C(=O)O)cn4CC)[C@H](C)O2)[C@H](C)[C@@H](O[C@@H]2O[C@H](C)C[C@H](N(C)C)[C@H]2O)[C@](C)(O)C[C@@H](C)/C(=N\O)[C@H](C)[C@@H](O)[C@]1(C)O. The fourth-order valence-corrected chi connectivity index (χ4v) is 12.9. The normalized spacial score (nSPS) is 37.7. The van der Waals surface area contributed by atoms with Gasteiger partial charge in [-0.3, -0.25) is 13.8 Å². The Balaban J connectivity index is 1.37. The van der Waals surface area contributed by atoms with Crippen molar-refractivity contribution in [2.24, 2.45) is 28.8 Å². The molecule has 1 aromatic carbocycles. The van der Waals surface area contributed by atoms with Gasteiger partial charge < -0.3 is 73.9 Å². The number of rotatable bonds is 18. The number of hydrogen-bond acceptors (Lipinski definition) is 20. The predicted octanol–water partition coefficient (Wildman–Crippen LogP) is 3.66. The zero-order valence-corrected chi connectivity index (χ0v) is 48.2. The van der Waals surface area contributed by atoms with Crippen LogP contribution in [0.15, 0.2) is 34.3 Å². The Morgan fingerprint density at radius 2 is 1.64 bits per heavy atom. The third-order valence-corrected chi connectivity index (χ3v) is 17.5. The summed E-state index contributed by atoms with van der Waals surface area (Å²) in [6.45, 7) is 18.9. The number of aryl methyl sites for hydroxylation is 2. The second-order valence-corrected chi connectivity index (χ2v) is 24.3. The van der Waals surface area contributed by atoms with Crippen molar-refractivity contribution >= 4 is 38.7 Å². The maximum Gasteiger partial charge on any atom is 0.341 e. The zero-order chi connectivity index (χ0) is 57.7. The van der Waals surface area contributed by atoms with Crippen molar-refractivity contribution in [3.63, 3.8) is 0 Å². The first kappa shape index (κ1) is 64.1. The van der Waals surface area contributed by atoms with Gasteiger partial charge in [-0.05, 0) is 119 Å². The third kappa shape index (κ3) is 14.8. The van der Waals surface area contributed by atoms with Gasteiger partial charge in [-0.25, -0.2) is 4.79 Å². The van der Waals surface area contributed by atoms with Gasteiger partial charge >= 0.3 is 11.9 Å². The van der Waals surface area contributed by atoms with E-state index in [4.69, 9.17) is 32.6 Å². The molecule has 77 heavy (non-hydrogen) atoms. The summed E-state index contributed by atoms with van der Waals surface area (Å²) in [5.41, 5.74) is -4.65. The minimum atomic E-state index is -4.22. The molecule has 23 heteroatoms. The summed E-state index contributed by atoms with van der Waals surface area (Å²) in [5, 5.41) is 75.0. The number of carbonyl (C=O) groups is 2. The number of likely N-dealkylation sites (N-methyl/N-ethyl adjacent to an activating group) is 1. The number of carboxylic acids is 1. The molecule has 0 bridgehead atoms. The number of aromatic carboxylic acids is 1. The van der Waals surface area contributed by atoms with Crippen molar-refractivity contribution < 1.29 is 81.4 Å². The van der Waals surface area contributed by atoms with Crippen molar-refractivity contribution in [1.82, 2.24) is 14.8 Å². The molecular weight excluding hydrogens is 1020 g/mol. The first-order valence-corrected chi connectivity index (χ1v) is 28.5. The van der Waals surface area contributed by atoms with Gasteiger partial charge in [0, 0.05) is 62.0 Å². The molecule has 438 valence electrons. The molecule has 1 aromatic heterocycles. The van der Waals surface area contributed by atoms with Crippen LogP contribution in [0.1, 0.15) is 124 Å². The molecule has 2 aromatic rings. The first-order valence-electron chi connectivity index (χ1n) is 27.0. The Morgan fingerprint density at radius 1 is 0.961 bits per heavy atom. The topological polar surface area (TPSA) is 304 Å². The summed E-state index contributed by atoms with van der Waals surface area (Å²) in [6.07, 6.45) is -8.86. The number of hydrogen-bond donors (Lipinski definition) is 7. The molecule has 3 aliphatic rings. The van der Waals surface area contributed by atoms with Gasteiger partial charge in [0.25, 0.3) is 10.1 Å². The molecule has 0 spiro atoms. The van der Waals surface area contributed by atoms with Crippen LogP contribution in [0.5, 0.6) is 0 Å². The molecule has 3 saturated heterocycles. The lowest BCUT2D eigenvalue weighted by Crippen LogP contribution is -2.61. The fourth-order valence-electron chi connectivity index (χ4n) is 11.7. The second-order valence-electron chi connectivity index (χ2n) is 22.6. The molecule has 4 heterocycles. The van der Waals surface area contributed by atoms with Crippen LogP contribution in [0.2, 0.25) is 0 Å². The Hall–Kier alpha value is -3.69. The second kappa shape index (κ2) is 26.3. The number of cyclic esters (lactones) is 1. The summed E-state index contributed by atoms with van der Waals surface area (Å²) in [5.74, 6) is -6.44. The van der Waals surface area contributed by atoms with Crippen LogP contribution in [-0.2, 0) is 60.5 Å². The van der Waals surface area contributed by atoms with Gasteiger partial charge in [0.2, 0.25) is 5.43 Å². The van der Waals surface area contributed by atoms with E-state index < -0.39 is 135 Å². The quantitative estimate of drug-likeness (QED) is 0.0368. The van der Waals surface area contributed by atoms with Crippen molar-refractivity contribution in [3.05, 3.63) is 45.7 Å². The van der Waals surface area contributed by atoms with Crippen LogP contribution in [0.4, 0.5) is 0 Å². The summed E-state index contributed by atoms with van der Waals surface area (Å²) in [6, 6.07) is 4.98. The minimum absolute atomic E-state index is 0.0397. The van der Waals surface area contributed by atoms with Crippen LogP contribution in [0.3, 0.4) is 0 Å². The largest absolute Gasteiger partial charge is 0.477 e. The molecular formula is C54H88N4O18S. The molecule has 22 nitrogen and oxygen atoms in total. The number of esters is 1. The first-order chi connectivity index (χ1) is 35.9. The van der Waals surface area contributed by atoms with E-state index in [1.807, 2.05) is 38.9 Å². The fraction of sp³-hybridized carbons (Fsp3) is 0.778. The minimum Gasteiger partial charge on any atom is -0.477 e. The Morgan fingerprint density at radius 3 is 2.23 bits per heavy atom. The van der Waals surface area contributed by atoms with E-state index in [1.165, 1.54) is 27.2 Å². The van der Waals surface area contributed by atoms with Gasteiger partial charge in [-0.1, -0.05) is 38.9 Å².